The lowest BCUT2D eigenvalue weighted by Gasteiger charge is -2.25. The Morgan fingerprint density at radius 2 is 1.89 bits per heavy atom. The summed E-state index contributed by atoms with van der Waals surface area (Å²) >= 11 is 0. The van der Waals surface area contributed by atoms with Crippen molar-refractivity contribution in [1.82, 2.24) is 15.8 Å². The first-order chi connectivity index (χ1) is 18.1. The largest absolute Gasteiger partial charge is 0.405 e. The van der Waals surface area contributed by atoms with Crippen LogP contribution in [0.2, 0.25) is 0 Å². The number of benzene rings is 1. The van der Waals surface area contributed by atoms with Gasteiger partial charge < -0.3 is 20.7 Å². The Morgan fingerprint density at radius 1 is 1.13 bits per heavy atom. The smallest absolute Gasteiger partial charge is 0.395 e. The number of halogens is 3. The number of alkyl halides is 3. The Balaban J connectivity index is 1.32. The first kappa shape index (κ1) is 27.9. The standard InChI is InChI=1S/C28H35F3N4O3/c1-18-23(27(38)33-17-28(29,30)31)11-12-25-24(18)16-35(34-25)15-19-3-2-4-20(6-5-19)26(37)21-7-9-22(10-8-21)32-13-14-36/h7-12,16,19-20,25,32,34,36H,2-6,13-15,17H2,1H3,(H,33,38). The average Bonchev–Trinajstić information content (AvgIpc) is 3.16. The molecular formula is C28H35F3N4O3. The van der Waals surface area contributed by atoms with Crippen LogP contribution in [0, 0.1) is 11.8 Å². The monoisotopic (exact) mass is 532 g/mol. The van der Waals surface area contributed by atoms with Gasteiger partial charge in [-0.1, -0.05) is 18.6 Å². The molecule has 1 aromatic carbocycles. The van der Waals surface area contributed by atoms with Crippen LogP contribution in [0.1, 0.15) is 49.4 Å². The van der Waals surface area contributed by atoms with E-state index >= 15 is 0 Å². The molecule has 1 saturated carbocycles. The minimum Gasteiger partial charge on any atom is -0.395 e. The van der Waals surface area contributed by atoms with E-state index in [0.29, 0.717) is 23.6 Å². The minimum atomic E-state index is -4.46. The molecule has 10 heteroatoms. The number of aliphatic hydroxyl groups is 1. The van der Waals surface area contributed by atoms with Crippen LogP contribution >= 0.6 is 0 Å². The summed E-state index contributed by atoms with van der Waals surface area (Å²) < 4.78 is 37.5. The number of aliphatic hydroxyl groups excluding tert-OH is 1. The number of amides is 1. The second-order valence-electron chi connectivity index (χ2n) is 10.2. The van der Waals surface area contributed by atoms with Gasteiger partial charge in [0.2, 0.25) is 0 Å². The number of ketones is 1. The van der Waals surface area contributed by atoms with Crippen molar-refractivity contribution in [2.45, 2.75) is 51.2 Å². The van der Waals surface area contributed by atoms with Crippen LogP contribution in [-0.2, 0) is 4.79 Å². The van der Waals surface area contributed by atoms with Crippen LogP contribution in [0.3, 0.4) is 0 Å². The van der Waals surface area contributed by atoms with Crippen molar-refractivity contribution in [3.63, 3.8) is 0 Å². The third-order valence-electron chi connectivity index (χ3n) is 7.45. The van der Waals surface area contributed by atoms with Gasteiger partial charge in [0.1, 0.15) is 6.54 Å². The van der Waals surface area contributed by atoms with Gasteiger partial charge in [0.05, 0.1) is 12.6 Å². The van der Waals surface area contributed by atoms with E-state index in [1.165, 1.54) is 0 Å². The Kier molecular flexibility index (Phi) is 8.94. The molecule has 38 heavy (non-hydrogen) atoms. The summed E-state index contributed by atoms with van der Waals surface area (Å²) in [7, 11) is 0. The van der Waals surface area contributed by atoms with E-state index in [4.69, 9.17) is 5.11 Å². The molecule has 3 unspecified atom stereocenters. The maximum absolute atomic E-state index is 13.1. The molecule has 0 spiro atoms. The number of rotatable bonds is 9. The fourth-order valence-corrected chi connectivity index (χ4v) is 5.40. The van der Waals surface area contributed by atoms with E-state index in [2.05, 4.69) is 10.7 Å². The second kappa shape index (κ2) is 12.2. The number of nitrogens with zero attached hydrogens (tertiary/aromatic N) is 1. The topological polar surface area (TPSA) is 93.7 Å². The van der Waals surface area contributed by atoms with Crippen LogP contribution < -0.4 is 16.1 Å². The van der Waals surface area contributed by atoms with E-state index in [0.717, 1.165) is 49.9 Å². The molecule has 4 N–H and O–H groups in total. The molecule has 0 radical (unpaired) electrons. The Bertz CT molecular complexity index is 1110. The van der Waals surface area contributed by atoms with Crippen LogP contribution in [0.25, 0.3) is 0 Å². The van der Waals surface area contributed by atoms with E-state index in [-0.39, 0.29) is 29.9 Å². The number of carbonyl (C=O) groups is 2. The normalized spacial score (nSPS) is 23.6. The summed E-state index contributed by atoms with van der Waals surface area (Å²) in [5.41, 5.74) is 6.77. The highest BCUT2D eigenvalue weighted by Gasteiger charge is 2.33. The third-order valence-corrected chi connectivity index (χ3v) is 7.45. The molecule has 1 fully saturated rings. The molecule has 3 aliphatic rings. The number of nitrogens with one attached hydrogen (secondary N) is 3. The fraction of sp³-hybridized carbons (Fsp3) is 0.500. The van der Waals surface area contributed by atoms with E-state index in [1.807, 2.05) is 40.8 Å². The summed E-state index contributed by atoms with van der Waals surface area (Å²) in [4.78, 5) is 25.4. The lowest BCUT2D eigenvalue weighted by molar-refractivity contribution is -0.136. The molecule has 0 saturated heterocycles. The average molecular weight is 533 g/mol. The van der Waals surface area contributed by atoms with E-state index in [1.54, 1.807) is 19.1 Å². The second-order valence-corrected chi connectivity index (χ2v) is 10.2. The highest BCUT2D eigenvalue weighted by atomic mass is 19.4. The summed E-state index contributed by atoms with van der Waals surface area (Å²) in [6.45, 7) is 1.66. The molecule has 1 aromatic rings. The summed E-state index contributed by atoms with van der Waals surface area (Å²) in [6.07, 6.45) is 5.45. The van der Waals surface area contributed by atoms with Crippen LogP contribution in [-0.4, -0.2) is 60.3 Å². The van der Waals surface area contributed by atoms with Crippen molar-refractivity contribution in [2.24, 2.45) is 11.8 Å². The molecule has 1 heterocycles. The Morgan fingerprint density at radius 3 is 2.61 bits per heavy atom. The minimum absolute atomic E-state index is 0.00500. The van der Waals surface area contributed by atoms with Crippen LogP contribution in [0.5, 0.6) is 0 Å². The highest BCUT2D eigenvalue weighted by Crippen LogP contribution is 2.33. The molecular weight excluding hydrogens is 497 g/mol. The predicted octanol–water partition coefficient (Wildman–Crippen LogP) is 4.11. The zero-order valence-electron chi connectivity index (χ0n) is 21.5. The third kappa shape index (κ3) is 7.05. The summed E-state index contributed by atoms with van der Waals surface area (Å²) in [5.74, 6) is -0.168. The van der Waals surface area contributed by atoms with E-state index < -0.39 is 18.6 Å². The molecule has 1 amide bonds. The summed E-state index contributed by atoms with van der Waals surface area (Å²) in [6, 6.07) is 7.29. The number of hydrogen-bond acceptors (Lipinski definition) is 6. The lowest BCUT2D eigenvalue weighted by atomic mass is 9.90. The molecule has 206 valence electrons. The number of anilines is 1. The summed E-state index contributed by atoms with van der Waals surface area (Å²) in [5, 5.41) is 16.0. The molecule has 4 rings (SSSR count). The number of fused-ring (bicyclic) bond motifs is 1. The Labute approximate surface area is 220 Å². The maximum Gasteiger partial charge on any atom is 0.405 e. The molecule has 3 atom stereocenters. The first-order valence-corrected chi connectivity index (χ1v) is 13.1. The van der Waals surface area contributed by atoms with Gasteiger partial charge in [-0.2, -0.15) is 13.2 Å². The first-order valence-electron chi connectivity index (χ1n) is 13.1. The van der Waals surface area contributed by atoms with Crippen molar-refractivity contribution in [3.8, 4) is 0 Å². The van der Waals surface area contributed by atoms with Crippen LogP contribution in [0.15, 0.2) is 59.3 Å². The van der Waals surface area contributed by atoms with Gasteiger partial charge in [-0.25, -0.2) is 5.43 Å². The van der Waals surface area contributed by atoms with E-state index in [9.17, 15) is 22.8 Å². The lowest BCUT2D eigenvalue weighted by Crippen LogP contribution is -2.39. The molecule has 1 aliphatic heterocycles. The number of hydrogen-bond donors (Lipinski definition) is 4. The maximum atomic E-state index is 13.1. The zero-order valence-corrected chi connectivity index (χ0v) is 21.5. The van der Waals surface area contributed by atoms with Gasteiger partial charge in [-0.05, 0) is 73.9 Å². The van der Waals surface area contributed by atoms with Gasteiger partial charge >= 0.3 is 6.18 Å². The quantitative estimate of drug-likeness (QED) is 0.283. The molecule has 0 aromatic heterocycles. The number of Topliss-reactive ketones (excluding diaryl/α,β-unsaturated/α-hetero) is 1. The fourth-order valence-electron chi connectivity index (χ4n) is 5.40. The van der Waals surface area contributed by atoms with Gasteiger partial charge in [0, 0.05) is 42.0 Å². The highest BCUT2D eigenvalue weighted by molar-refractivity contribution is 5.98. The van der Waals surface area contributed by atoms with Gasteiger partial charge in [-0.3, -0.25) is 9.59 Å². The molecule has 7 nitrogen and oxygen atoms in total. The van der Waals surface area contributed by atoms with Crippen molar-refractivity contribution in [2.75, 3.05) is 31.6 Å². The Hall–Kier alpha value is -3.11. The SMILES string of the molecule is CC1=C(C(=O)NCC(F)(F)F)C=CC2NN(CC3CCCC(C(=O)c4ccc(NCCO)cc4)CC3)C=C12. The predicted molar refractivity (Wildman–Crippen MR) is 139 cm³/mol. The zero-order chi connectivity index (χ0) is 27.3. The molecule has 2 aliphatic carbocycles. The molecule has 0 bridgehead atoms. The van der Waals surface area contributed by atoms with Crippen LogP contribution in [0.4, 0.5) is 18.9 Å². The van der Waals surface area contributed by atoms with Gasteiger partial charge in [0.15, 0.2) is 5.78 Å². The van der Waals surface area contributed by atoms with Crippen molar-refractivity contribution in [1.29, 1.82) is 0 Å². The van der Waals surface area contributed by atoms with Gasteiger partial charge in [0.25, 0.3) is 5.91 Å². The van der Waals surface area contributed by atoms with Crippen molar-refractivity contribution in [3.05, 3.63) is 64.9 Å². The van der Waals surface area contributed by atoms with Crippen molar-refractivity contribution < 1.29 is 27.9 Å². The van der Waals surface area contributed by atoms with Gasteiger partial charge in [-0.15, -0.1) is 0 Å². The van der Waals surface area contributed by atoms with Crippen molar-refractivity contribution >= 4 is 17.4 Å². The number of carbonyl (C=O) groups excluding carboxylic acids is 2. The number of hydrazine groups is 1.